The first-order valence-corrected chi connectivity index (χ1v) is 5.10. The highest BCUT2D eigenvalue weighted by atomic mass is 16.1. The molecular formula is C12H16N2O. The Hall–Kier alpha value is -1.77. The van der Waals surface area contributed by atoms with Crippen LogP contribution < -0.4 is 5.73 Å². The van der Waals surface area contributed by atoms with Gasteiger partial charge < -0.3 is 10.7 Å². The second-order valence-electron chi connectivity index (χ2n) is 3.00. The average molecular weight is 204 g/mol. The van der Waals surface area contributed by atoms with E-state index in [2.05, 4.69) is 4.98 Å². The van der Waals surface area contributed by atoms with Gasteiger partial charge in [0.25, 0.3) is 0 Å². The number of H-pyrrole nitrogens is 1. The number of fused-ring (bicyclic) bond motifs is 1. The zero-order valence-electron chi connectivity index (χ0n) is 9.08. The van der Waals surface area contributed by atoms with Crippen molar-refractivity contribution in [3.05, 3.63) is 36.0 Å². The van der Waals surface area contributed by atoms with E-state index in [0.717, 1.165) is 16.5 Å². The molecule has 1 aromatic carbocycles. The van der Waals surface area contributed by atoms with Gasteiger partial charge >= 0.3 is 0 Å². The van der Waals surface area contributed by atoms with E-state index >= 15 is 0 Å². The summed E-state index contributed by atoms with van der Waals surface area (Å²) in [5.41, 5.74) is 7.12. The molecule has 3 heteroatoms. The molecule has 2 aromatic rings. The minimum absolute atomic E-state index is 0.296. The van der Waals surface area contributed by atoms with Gasteiger partial charge in [0.1, 0.15) is 0 Å². The minimum atomic E-state index is -0.301. The lowest BCUT2D eigenvalue weighted by Gasteiger charge is -1.93. The van der Waals surface area contributed by atoms with Crippen molar-refractivity contribution < 1.29 is 4.79 Å². The van der Waals surface area contributed by atoms with Crippen molar-refractivity contribution in [2.45, 2.75) is 20.3 Å². The maximum absolute atomic E-state index is 10.7. The number of rotatable bonds is 2. The molecule has 0 aliphatic rings. The summed E-state index contributed by atoms with van der Waals surface area (Å²) in [5.74, 6) is -0.301. The maximum Gasteiger partial charge on any atom is 0.221 e. The van der Waals surface area contributed by atoms with Crippen LogP contribution in [0, 0.1) is 0 Å². The van der Waals surface area contributed by atoms with Crippen molar-refractivity contribution in [1.82, 2.24) is 4.98 Å². The number of para-hydroxylation sites is 1. The van der Waals surface area contributed by atoms with Gasteiger partial charge in [0.15, 0.2) is 0 Å². The van der Waals surface area contributed by atoms with E-state index in [1.54, 1.807) is 0 Å². The topological polar surface area (TPSA) is 58.9 Å². The Morgan fingerprint density at radius 1 is 1.33 bits per heavy atom. The first-order valence-electron chi connectivity index (χ1n) is 5.10. The lowest BCUT2D eigenvalue weighted by molar-refractivity contribution is -0.117. The second kappa shape index (κ2) is 5.20. The zero-order valence-corrected chi connectivity index (χ0v) is 9.08. The molecule has 0 saturated heterocycles. The number of nitrogens with one attached hydrogen (secondary N) is 1. The summed E-state index contributed by atoms with van der Waals surface area (Å²) in [5, 5.41) is 1.07. The number of primary amides is 1. The molecule has 2 rings (SSSR count). The number of hydrogen-bond donors (Lipinski definition) is 2. The molecule has 0 atom stereocenters. The molecule has 15 heavy (non-hydrogen) atoms. The molecule has 0 saturated carbocycles. The van der Waals surface area contributed by atoms with E-state index in [1.165, 1.54) is 0 Å². The highest BCUT2D eigenvalue weighted by Crippen LogP contribution is 2.17. The van der Waals surface area contributed by atoms with E-state index in [0.29, 0.717) is 6.42 Å². The smallest absolute Gasteiger partial charge is 0.221 e. The van der Waals surface area contributed by atoms with Crippen LogP contribution in [0.5, 0.6) is 0 Å². The number of carbonyl (C=O) groups excluding carboxylic acids is 1. The molecule has 0 radical (unpaired) electrons. The van der Waals surface area contributed by atoms with Gasteiger partial charge in [-0.2, -0.15) is 0 Å². The number of nitrogens with two attached hydrogens (primary N) is 1. The molecule has 0 unspecified atom stereocenters. The van der Waals surface area contributed by atoms with Gasteiger partial charge in [-0.1, -0.05) is 32.0 Å². The van der Waals surface area contributed by atoms with Crippen LogP contribution in [0.25, 0.3) is 10.9 Å². The zero-order chi connectivity index (χ0) is 11.3. The minimum Gasteiger partial charge on any atom is -0.369 e. The van der Waals surface area contributed by atoms with Crippen LogP contribution in [0.1, 0.15) is 19.4 Å². The monoisotopic (exact) mass is 204 g/mol. The number of amides is 1. The Morgan fingerprint density at radius 3 is 2.67 bits per heavy atom. The first kappa shape index (κ1) is 11.3. The number of aromatic amines is 1. The molecule has 0 aliphatic carbocycles. The second-order valence-corrected chi connectivity index (χ2v) is 3.00. The molecule has 1 aromatic heterocycles. The van der Waals surface area contributed by atoms with Crippen LogP contribution >= 0.6 is 0 Å². The summed E-state index contributed by atoms with van der Waals surface area (Å²) < 4.78 is 0. The molecule has 0 aliphatic heterocycles. The molecular weight excluding hydrogens is 188 g/mol. The fraction of sp³-hybridized carbons (Fsp3) is 0.250. The molecule has 0 bridgehead atoms. The first-order chi connectivity index (χ1) is 7.27. The van der Waals surface area contributed by atoms with Gasteiger partial charge in [0.05, 0.1) is 6.42 Å². The van der Waals surface area contributed by atoms with Crippen molar-refractivity contribution in [3.8, 4) is 0 Å². The molecule has 0 spiro atoms. The quantitative estimate of drug-likeness (QED) is 0.774. The van der Waals surface area contributed by atoms with Gasteiger partial charge in [-0.05, 0) is 11.6 Å². The molecule has 1 heterocycles. The lowest BCUT2D eigenvalue weighted by atomic mass is 10.1. The normalized spacial score (nSPS) is 9.47. The number of aromatic nitrogens is 1. The van der Waals surface area contributed by atoms with Crippen LogP contribution in [0.15, 0.2) is 30.5 Å². The third-order valence-electron chi connectivity index (χ3n) is 2.04. The van der Waals surface area contributed by atoms with Crippen LogP contribution in [0.2, 0.25) is 0 Å². The van der Waals surface area contributed by atoms with Gasteiger partial charge in [-0.3, -0.25) is 4.79 Å². The van der Waals surface area contributed by atoms with Crippen LogP contribution in [-0.4, -0.2) is 10.9 Å². The summed E-state index contributed by atoms with van der Waals surface area (Å²) in [4.78, 5) is 13.8. The van der Waals surface area contributed by atoms with E-state index < -0.39 is 0 Å². The Kier molecular flexibility index (Phi) is 3.92. The summed E-state index contributed by atoms with van der Waals surface area (Å²) in [6.07, 6.45) is 2.12. The molecule has 0 fully saturated rings. The van der Waals surface area contributed by atoms with E-state index in [-0.39, 0.29) is 5.91 Å². The Bertz CT molecular complexity index is 446. The van der Waals surface area contributed by atoms with Crippen LogP contribution in [-0.2, 0) is 11.2 Å². The van der Waals surface area contributed by atoms with Crippen LogP contribution in [0.4, 0.5) is 0 Å². The summed E-state index contributed by atoms with van der Waals surface area (Å²) >= 11 is 0. The predicted molar refractivity (Wildman–Crippen MR) is 62.5 cm³/mol. The van der Waals surface area contributed by atoms with Crippen molar-refractivity contribution in [2.75, 3.05) is 0 Å². The number of benzene rings is 1. The number of hydrogen-bond acceptors (Lipinski definition) is 1. The molecule has 1 amide bonds. The largest absolute Gasteiger partial charge is 0.369 e. The SMILES string of the molecule is CC.NC(=O)Cc1c[nH]c2ccccc12. The van der Waals surface area contributed by atoms with Gasteiger partial charge in [-0.15, -0.1) is 0 Å². The van der Waals surface area contributed by atoms with E-state index in [4.69, 9.17) is 5.73 Å². The summed E-state index contributed by atoms with van der Waals surface area (Å²) in [7, 11) is 0. The van der Waals surface area contributed by atoms with Gasteiger partial charge in [0, 0.05) is 17.1 Å². The van der Waals surface area contributed by atoms with Crippen molar-refractivity contribution in [3.63, 3.8) is 0 Å². The fourth-order valence-electron chi connectivity index (χ4n) is 1.47. The standard InChI is InChI=1S/C10H10N2O.C2H6/c11-10(13)5-7-6-12-9-4-2-1-3-8(7)9;1-2/h1-4,6,12H,5H2,(H2,11,13);1-2H3. The van der Waals surface area contributed by atoms with Crippen molar-refractivity contribution >= 4 is 16.8 Å². The number of carbonyl (C=O) groups is 1. The lowest BCUT2D eigenvalue weighted by Crippen LogP contribution is -2.13. The van der Waals surface area contributed by atoms with E-state index in [1.807, 2.05) is 44.3 Å². The Labute approximate surface area is 89.3 Å². The van der Waals surface area contributed by atoms with Crippen LogP contribution in [0.3, 0.4) is 0 Å². The third kappa shape index (κ3) is 2.59. The third-order valence-corrected chi connectivity index (χ3v) is 2.04. The Morgan fingerprint density at radius 2 is 2.00 bits per heavy atom. The highest BCUT2D eigenvalue weighted by molar-refractivity contribution is 5.88. The van der Waals surface area contributed by atoms with E-state index in [9.17, 15) is 4.79 Å². The predicted octanol–water partition coefficient (Wildman–Crippen LogP) is 2.22. The summed E-state index contributed by atoms with van der Waals surface area (Å²) in [6, 6.07) is 7.84. The molecule has 80 valence electrons. The molecule has 3 nitrogen and oxygen atoms in total. The van der Waals surface area contributed by atoms with Gasteiger partial charge in [-0.25, -0.2) is 0 Å². The molecule has 3 N–H and O–H groups in total. The van der Waals surface area contributed by atoms with Gasteiger partial charge in [0.2, 0.25) is 5.91 Å². The van der Waals surface area contributed by atoms with Crippen molar-refractivity contribution in [1.29, 1.82) is 0 Å². The highest BCUT2D eigenvalue weighted by Gasteiger charge is 2.04. The van der Waals surface area contributed by atoms with Crippen molar-refractivity contribution in [2.24, 2.45) is 5.73 Å². The fourth-order valence-corrected chi connectivity index (χ4v) is 1.47. The Balaban J connectivity index is 0.000000531. The average Bonchev–Trinajstić information content (AvgIpc) is 2.64. The summed E-state index contributed by atoms with van der Waals surface area (Å²) in [6.45, 7) is 4.00. The maximum atomic E-state index is 10.7.